The number of hydrogen-bond donors (Lipinski definition) is 2. The van der Waals surface area contributed by atoms with Crippen LogP contribution in [0, 0.1) is 12.3 Å². The number of nitrogens with one attached hydrogen (secondary N) is 1. The maximum absolute atomic E-state index is 11.8. The average molecular weight is 233 g/mol. The predicted octanol–water partition coefficient (Wildman–Crippen LogP) is 1.54. The molecule has 1 atom stereocenters. The molecule has 2 N–H and O–H groups in total. The lowest BCUT2D eigenvalue weighted by Crippen LogP contribution is -2.33. The summed E-state index contributed by atoms with van der Waals surface area (Å²) in [5.41, 5.74) is 0.180. The third kappa shape index (κ3) is 3.15. The predicted molar refractivity (Wildman–Crippen MR) is 65.0 cm³/mol. The second kappa shape index (κ2) is 5.80. The van der Waals surface area contributed by atoms with Crippen molar-refractivity contribution in [3.05, 3.63) is 23.8 Å². The Hall–Kier alpha value is -2.15. The van der Waals surface area contributed by atoms with E-state index in [-0.39, 0.29) is 17.4 Å². The molecule has 1 rings (SSSR count). The topological polar surface area (TPSA) is 58.6 Å². The fraction of sp³-hybridized carbons (Fsp3) is 0.308. The molecule has 1 amide bonds. The van der Waals surface area contributed by atoms with Crippen molar-refractivity contribution in [3.8, 4) is 23.8 Å². The van der Waals surface area contributed by atoms with Crippen LogP contribution in [0.3, 0.4) is 0 Å². The summed E-state index contributed by atoms with van der Waals surface area (Å²) in [7, 11) is 1.49. The number of hydrogen-bond acceptors (Lipinski definition) is 3. The van der Waals surface area contributed by atoms with Gasteiger partial charge in [0, 0.05) is 6.07 Å². The first kappa shape index (κ1) is 12.9. The van der Waals surface area contributed by atoms with Gasteiger partial charge in [0.2, 0.25) is 0 Å². The largest absolute Gasteiger partial charge is 0.507 e. The van der Waals surface area contributed by atoms with E-state index in [1.807, 2.05) is 6.92 Å². The third-order valence-electron chi connectivity index (χ3n) is 2.36. The molecule has 0 saturated carbocycles. The van der Waals surface area contributed by atoms with E-state index in [4.69, 9.17) is 11.2 Å². The van der Waals surface area contributed by atoms with E-state index < -0.39 is 5.91 Å². The lowest BCUT2D eigenvalue weighted by Gasteiger charge is -2.12. The molecular formula is C13H15NO3. The Balaban J connectivity index is 2.86. The number of benzene rings is 1. The Bertz CT molecular complexity index is 448. The average Bonchev–Trinajstić information content (AvgIpc) is 2.35. The Kier molecular flexibility index (Phi) is 4.41. The molecular weight excluding hydrogens is 218 g/mol. The van der Waals surface area contributed by atoms with E-state index in [0.717, 1.165) is 0 Å². The van der Waals surface area contributed by atoms with Gasteiger partial charge in [-0.2, -0.15) is 0 Å². The standard InChI is InChI=1S/C13H15NO3/c1-4-9(5-2)14-13(16)11-7-6-10(17-3)8-12(11)15/h1,6-9,15H,5H2,2-3H3,(H,14,16). The maximum atomic E-state index is 11.8. The summed E-state index contributed by atoms with van der Waals surface area (Å²) in [5.74, 6) is 2.42. The number of phenolic OH excluding ortho intramolecular Hbond substituents is 1. The molecule has 4 heteroatoms. The van der Waals surface area contributed by atoms with E-state index in [2.05, 4.69) is 11.2 Å². The van der Waals surface area contributed by atoms with E-state index in [0.29, 0.717) is 12.2 Å². The van der Waals surface area contributed by atoms with Gasteiger partial charge in [0.15, 0.2) is 0 Å². The van der Waals surface area contributed by atoms with Crippen molar-refractivity contribution in [1.82, 2.24) is 5.32 Å². The van der Waals surface area contributed by atoms with Crippen LogP contribution in [0.5, 0.6) is 11.5 Å². The van der Waals surface area contributed by atoms with Gasteiger partial charge in [-0.3, -0.25) is 4.79 Å². The van der Waals surface area contributed by atoms with Crippen LogP contribution in [-0.4, -0.2) is 24.2 Å². The van der Waals surface area contributed by atoms with E-state index in [1.165, 1.54) is 19.2 Å². The van der Waals surface area contributed by atoms with Crippen LogP contribution >= 0.6 is 0 Å². The van der Waals surface area contributed by atoms with Crippen LogP contribution in [0.25, 0.3) is 0 Å². The van der Waals surface area contributed by atoms with Gasteiger partial charge >= 0.3 is 0 Å². The van der Waals surface area contributed by atoms with Crippen LogP contribution in [0.1, 0.15) is 23.7 Å². The van der Waals surface area contributed by atoms with Gasteiger partial charge in [-0.05, 0) is 18.6 Å². The molecule has 0 fully saturated rings. The number of carbonyl (C=O) groups is 1. The number of rotatable bonds is 4. The highest BCUT2D eigenvalue weighted by molar-refractivity contribution is 5.97. The highest BCUT2D eigenvalue weighted by atomic mass is 16.5. The minimum Gasteiger partial charge on any atom is -0.507 e. The molecule has 1 unspecified atom stereocenters. The summed E-state index contributed by atoms with van der Waals surface area (Å²) in [6.45, 7) is 1.87. The van der Waals surface area contributed by atoms with Crippen molar-refractivity contribution < 1.29 is 14.6 Å². The summed E-state index contributed by atoms with van der Waals surface area (Å²) in [4.78, 5) is 11.8. The molecule has 0 aliphatic carbocycles. The first-order valence-corrected chi connectivity index (χ1v) is 5.26. The van der Waals surface area contributed by atoms with E-state index in [1.54, 1.807) is 6.07 Å². The van der Waals surface area contributed by atoms with Crippen molar-refractivity contribution in [3.63, 3.8) is 0 Å². The molecule has 0 bridgehead atoms. The van der Waals surface area contributed by atoms with Gasteiger partial charge in [-0.15, -0.1) is 6.42 Å². The number of terminal acetylenes is 1. The van der Waals surface area contributed by atoms with Crippen molar-refractivity contribution in [2.24, 2.45) is 0 Å². The van der Waals surface area contributed by atoms with Crippen LogP contribution in [0.15, 0.2) is 18.2 Å². The number of amides is 1. The Labute approximate surface area is 101 Å². The summed E-state index contributed by atoms with van der Waals surface area (Å²) in [5, 5.41) is 12.3. The number of ether oxygens (including phenoxy) is 1. The lowest BCUT2D eigenvalue weighted by molar-refractivity contribution is 0.0942. The molecule has 4 nitrogen and oxygen atoms in total. The summed E-state index contributed by atoms with van der Waals surface area (Å²) in [6, 6.07) is 4.15. The van der Waals surface area contributed by atoms with Crippen LogP contribution in [-0.2, 0) is 0 Å². The van der Waals surface area contributed by atoms with Crippen LogP contribution < -0.4 is 10.1 Å². The quantitative estimate of drug-likeness (QED) is 0.775. The van der Waals surface area contributed by atoms with Gasteiger partial charge in [0.25, 0.3) is 5.91 Å². The molecule has 0 aliphatic rings. The molecule has 0 radical (unpaired) electrons. The zero-order valence-corrected chi connectivity index (χ0v) is 9.86. The number of carbonyl (C=O) groups excluding carboxylic acids is 1. The molecule has 1 aromatic carbocycles. The molecule has 1 aromatic rings. The monoisotopic (exact) mass is 233 g/mol. The second-order valence-corrected chi connectivity index (χ2v) is 3.48. The minimum absolute atomic E-state index is 0.131. The van der Waals surface area contributed by atoms with Crippen molar-refractivity contribution in [1.29, 1.82) is 0 Å². The summed E-state index contributed by atoms with van der Waals surface area (Å²) < 4.78 is 4.93. The van der Waals surface area contributed by atoms with Crippen LogP contribution in [0.2, 0.25) is 0 Å². The first-order valence-electron chi connectivity index (χ1n) is 5.26. The minimum atomic E-state index is -0.394. The Morgan fingerprint density at radius 3 is 2.82 bits per heavy atom. The second-order valence-electron chi connectivity index (χ2n) is 3.48. The van der Waals surface area contributed by atoms with Gasteiger partial charge in [-0.25, -0.2) is 0 Å². The summed E-state index contributed by atoms with van der Waals surface area (Å²) >= 11 is 0. The Morgan fingerprint density at radius 1 is 1.65 bits per heavy atom. The number of aromatic hydroxyl groups is 1. The molecule has 17 heavy (non-hydrogen) atoms. The molecule has 0 aliphatic heterocycles. The Morgan fingerprint density at radius 2 is 2.35 bits per heavy atom. The van der Waals surface area contributed by atoms with Crippen LogP contribution in [0.4, 0.5) is 0 Å². The fourth-order valence-electron chi connectivity index (χ4n) is 1.33. The van der Waals surface area contributed by atoms with Crippen molar-refractivity contribution >= 4 is 5.91 Å². The number of methoxy groups -OCH3 is 1. The molecule has 90 valence electrons. The maximum Gasteiger partial charge on any atom is 0.256 e. The third-order valence-corrected chi connectivity index (χ3v) is 2.36. The zero-order valence-electron chi connectivity index (χ0n) is 9.86. The van der Waals surface area contributed by atoms with Crippen molar-refractivity contribution in [2.45, 2.75) is 19.4 Å². The van der Waals surface area contributed by atoms with Gasteiger partial charge in [-0.1, -0.05) is 12.8 Å². The summed E-state index contributed by atoms with van der Waals surface area (Å²) in [6.07, 6.45) is 5.88. The fourth-order valence-corrected chi connectivity index (χ4v) is 1.33. The SMILES string of the molecule is C#CC(CC)NC(=O)c1ccc(OC)cc1O. The molecule has 0 aromatic heterocycles. The van der Waals surface area contributed by atoms with Gasteiger partial charge in [0.05, 0.1) is 18.7 Å². The molecule has 0 saturated heterocycles. The van der Waals surface area contributed by atoms with Crippen molar-refractivity contribution in [2.75, 3.05) is 7.11 Å². The number of phenols is 1. The first-order chi connectivity index (χ1) is 8.12. The van der Waals surface area contributed by atoms with E-state index >= 15 is 0 Å². The molecule has 0 spiro atoms. The highest BCUT2D eigenvalue weighted by Crippen LogP contribution is 2.23. The lowest BCUT2D eigenvalue weighted by atomic mass is 10.1. The van der Waals surface area contributed by atoms with Gasteiger partial charge in [0.1, 0.15) is 11.5 Å². The normalized spacial score (nSPS) is 11.4. The molecule has 0 heterocycles. The zero-order chi connectivity index (χ0) is 12.8. The van der Waals surface area contributed by atoms with Gasteiger partial charge < -0.3 is 15.2 Å². The highest BCUT2D eigenvalue weighted by Gasteiger charge is 2.14. The van der Waals surface area contributed by atoms with E-state index in [9.17, 15) is 9.90 Å². The smallest absolute Gasteiger partial charge is 0.256 e.